The molecule has 0 aliphatic carbocycles. The Bertz CT molecular complexity index is 718. The molecule has 1 amide bonds. The third kappa shape index (κ3) is 3.49. The molecule has 7 nitrogen and oxygen atoms in total. The van der Waals surface area contributed by atoms with Gasteiger partial charge in [-0.25, -0.2) is 0 Å². The summed E-state index contributed by atoms with van der Waals surface area (Å²) in [5, 5.41) is 8.41. The smallest absolute Gasteiger partial charge is 0.244 e. The lowest BCUT2D eigenvalue weighted by Crippen LogP contribution is -2.41. The number of likely N-dealkylation sites (tertiary alicyclic amines) is 1. The van der Waals surface area contributed by atoms with Gasteiger partial charge in [-0.1, -0.05) is 19.0 Å². The van der Waals surface area contributed by atoms with Crippen molar-refractivity contribution >= 4 is 5.91 Å². The molecule has 0 saturated carbocycles. The van der Waals surface area contributed by atoms with Crippen LogP contribution in [0.2, 0.25) is 0 Å². The monoisotopic (exact) mass is 331 g/mol. The lowest BCUT2D eigenvalue weighted by atomic mass is 9.98. The summed E-state index contributed by atoms with van der Waals surface area (Å²) < 4.78 is 7.19. The summed E-state index contributed by atoms with van der Waals surface area (Å²) in [4.78, 5) is 19.0. The van der Waals surface area contributed by atoms with Gasteiger partial charge in [-0.2, -0.15) is 10.1 Å². The van der Waals surface area contributed by atoms with Crippen LogP contribution >= 0.6 is 0 Å². The zero-order valence-corrected chi connectivity index (χ0v) is 14.8. The fraction of sp³-hybridized carbons (Fsp3) is 0.647. The third-order valence-corrected chi connectivity index (χ3v) is 4.49. The first kappa shape index (κ1) is 16.7. The number of carbonyl (C=O) groups excluding carboxylic acids is 1. The average molecular weight is 331 g/mol. The molecule has 130 valence electrons. The Morgan fingerprint density at radius 2 is 2.21 bits per heavy atom. The standard InChI is InChI=1S/C17H25N5O2/c1-11(2)16-18-17(24-20-16)14-6-5-7-21(9-14)15(23)10-22-13(4)8-12(3)19-22/h8,11,14H,5-7,9-10H2,1-4H3. The van der Waals surface area contributed by atoms with Crippen LogP contribution in [-0.4, -0.2) is 43.8 Å². The van der Waals surface area contributed by atoms with E-state index in [1.165, 1.54) is 0 Å². The number of aryl methyl sites for hydroxylation is 2. The molecule has 0 radical (unpaired) electrons. The predicted molar refractivity (Wildman–Crippen MR) is 88.6 cm³/mol. The van der Waals surface area contributed by atoms with Gasteiger partial charge in [-0.3, -0.25) is 9.48 Å². The largest absolute Gasteiger partial charge is 0.340 e. The van der Waals surface area contributed by atoms with Gasteiger partial charge in [-0.05, 0) is 32.8 Å². The Morgan fingerprint density at radius 1 is 1.42 bits per heavy atom. The summed E-state index contributed by atoms with van der Waals surface area (Å²) in [7, 11) is 0. The van der Waals surface area contributed by atoms with E-state index in [4.69, 9.17) is 4.52 Å². The van der Waals surface area contributed by atoms with Gasteiger partial charge in [-0.15, -0.1) is 0 Å². The fourth-order valence-corrected chi connectivity index (χ4v) is 3.12. The van der Waals surface area contributed by atoms with Gasteiger partial charge in [0.25, 0.3) is 0 Å². The highest BCUT2D eigenvalue weighted by molar-refractivity contribution is 5.76. The number of nitrogens with zero attached hydrogens (tertiary/aromatic N) is 5. The minimum atomic E-state index is 0.0921. The molecule has 3 rings (SSSR count). The average Bonchev–Trinajstić information content (AvgIpc) is 3.15. The molecule has 1 unspecified atom stereocenters. The molecule has 0 spiro atoms. The van der Waals surface area contributed by atoms with Crippen LogP contribution in [-0.2, 0) is 11.3 Å². The quantitative estimate of drug-likeness (QED) is 0.860. The SMILES string of the molecule is Cc1cc(C)n(CC(=O)N2CCCC(c3nc(C(C)C)no3)C2)n1. The van der Waals surface area contributed by atoms with Crippen molar-refractivity contribution in [1.82, 2.24) is 24.8 Å². The Balaban J connectivity index is 1.66. The van der Waals surface area contributed by atoms with Crippen molar-refractivity contribution in [2.75, 3.05) is 13.1 Å². The van der Waals surface area contributed by atoms with Crippen molar-refractivity contribution in [2.24, 2.45) is 0 Å². The number of rotatable bonds is 4. The van der Waals surface area contributed by atoms with Crippen LogP contribution < -0.4 is 0 Å². The van der Waals surface area contributed by atoms with Gasteiger partial charge in [0, 0.05) is 24.7 Å². The summed E-state index contributed by atoms with van der Waals surface area (Å²) in [5.74, 6) is 1.85. The summed E-state index contributed by atoms with van der Waals surface area (Å²) in [5.41, 5.74) is 1.94. The molecule has 3 heterocycles. The van der Waals surface area contributed by atoms with E-state index in [1.807, 2.05) is 38.7 Å². The van der Waals surface area contributed by atoms with E-state index < -0.39 is 0 Å². The predicted octanol–water partition coefficient (Wildman–Crippen LogP) is 2.41. The second-order valence-electron chi connectivity index (χ2n) is 6.91. The Labute approximate surface area is 142 Å². The van der Waals surface area contributed by atoms with Gasteiger partial charge in [0.2, 0.25) is 11.8 Å². The van der Waals surface area contributed by atoms with E-state index in [2.05, 4.69) is 15.2 Å². The first-order valence-corrected chi connectivity index (χ1v) is 8.56. The molecule has 7 heteroatoms. The molecule has 24 heavy (non-hydrogen) atoms. The van der Waals surface area contributed by atoms with Crippen molar-refractivity contribution in [2.45, 2.75) is 58.9 Å². The minimum Gasteiger partial charge on any atom is -0.340 e. The van der Waals surface area contributed by atoms with Gasteiger partial charge in [0.05, 0.1) is 11.6 Å². The van der Waals surface area contributed by atoms with E-state index in [9.17, 15) is 4.79 Å². The maximum absolute atomic E-state index is 12.6. The molecule has 0 N–H and O–H groups in total. The van der Waals surface area contributed by atoms with Gasteiger partial charge < -0.3 is 9.42 Å². The second kappa shape index (κ2) is 6.75. The number of aromatic nitrogens is 4. The fourth-order valence-electron chi connectivity index (χ4n) is 3.12. The highest BCUT2D eigenvalue weighted by Crippen LogP contribution is 2.27. The minimum absolute atomic E-state index is 0.0921. The Kier molecular flexibility index (Phi) is 4.69. The maximum Gasteiger partial charge on any atom is 0.244 e. The second-order valence-corrected chi connectivity index (χ2v) is 6.91. The summed E-state index contributed by atoms with van der Waals surface area (Å²) in [6, 6.07) is 1.98. The van der Waals surface area contributed by atoms with Crippen LogP contribution in [0.1, 0.15) is 61.6 Å². The van der Waals surface area contributed by atoms with Crippen LogP contribution in [0.3, 0.4) is 0 Å². The topological polar surface area (TPSA) is 77.0 Å². The maximum atomic E-state index is 12.6. The Morgan fingerprint density at radius 3 is 2.83 bits per heavy atom. The molecule has 1 atom stereocenters. The number of piperidine rings is 1. The number of amides is 1. The van der Waals surface area contributed by atoms with E-state index in [0.717, 1.165) is 36.6 Å². The van der Waals surface area contributed by atoms with Gasteiger partial charge in [0.15, 0.2) is 5.82 Å². The molecular formula is C17H25N5O2. The highest BCUT2D eigenvalue weighted by Gasteiger charge is 2.29. The van der Waals surface area contributed by atoms with Crippen molar-refractivity contribution in [3.63, 3.8) is 0 Å². The third-order valence-electron chi connectivity index (χ3n) is 4.49. The van der Waals surface area contributed by atoms with Crippen molar-refractivity contribution in [3.8, 4) is 0 Å². The van der Waals surface area contributed by atoms with E-state index in [0.29, 0.717) is 12.4 Å². The first-order valence-electron chi connectivity index (χ1n) is 8.56. The summed E-state index contributed by atoms with van der Waals surface area (Å²) in [6.07, 6.45) is 1.93. The zero-order valence-electron chi connectivity index (χ0n) is 14.8. The summed E-state index contributed by atoms with van der Waals surface area (Å²) >= 11 is 0. The lowest BCUT2D eigenvalue weighted by molar-refractivity contribution is -0.133. The number of carbonyl (C=O) groups is 1. The van der Waals surface area contributed by atoms with Crippen LogP contribution in [0.4, 0.5) is 0 Å². The van der Waals surface area contributed by atoms with Crippen LogP contribution in [0.5, 0.6) is 0 Å². The molecule has 0 bridgehead atoms. The first-order chi connectivity index (χ1) is 11.4. The van der Waals surface area contributed by atoms with Crippen LogP contribution in [0, 0.1) is 13.8 Å². The van der Waals surface area contributed by atoms with Crippen molar-refractivity contribution in [1.29, 1.82) is 0 Å². The van der Waals surface area contributed by atoms with Crippen molar-refractivity contribution < 1.29 is 9.32 Å². The van der Waals surface area contributed by atoms with Gasteiger partial charge in [0.1, 0.15) is 6.54 Å². The van der Waals surface area contributed by atoms with E-state index in [-0.39, 0.29) is 24.3 Å². The summed E-state index contributed by atoms with van der Waals surface area (Å²) in [6.45, 7) is 9.69. The number of hydrogen-bond acceptors (Lipinski definition) is 5. The molecule has 1 saturated heterocycles. The highest BCUT2D eigenvalue weighted by atomic mass is 16.5. The van der Waals surface area contributed by atoms with Crippen LogP contribution in [0.15, 0.2) is 10.6 Å². The van der Waals surface area contributed by atoms with E-state index in [1.54, 1.807) is 4.68 Å². The Hall–Kier alpha value is -2.18. The zero-order chi connectivity index (χ0) is 17.3. The molecule has 1 aliphatic rings. The van der Waals surface area contributed by atoms with E-state index >= 15 is 0 Å². The number of hydrogen-bond donors (Lipinski definition) is 0. The molecule has 2 aromatic heterocycles. The molecule has 1 aliphatic heterocycles. The molecule has 0 aromatic carbocycles. The molecule has 1 fully saturated rings. The van der Waals surface area contributed by atoms with Crippen LogP contribution in [0.25, 0.3) is 0 Å². The van der Waals surface area contributed by atoms with Crippen molar-refractivity contribution in [3.05, 3.63) is 29.2 Å². The molecule has 2 aromatic rings. The normalized spacial score (nSPS) is 18.4. The molecular weight excluding hydrogens is 306 g/mol. The lowest BCUT2D eigenvalue weighted by Gasteiger charge is -2.31. The van der Waals surface area contributed by atoms with Gasteiger partial charge >= 0.3 is 0 Å².